The molecule has 3 heterocycles. The first kappa shape index (κ1) is 17.8. The van der Waals surface area contributed by atoms with Gasteiger partial charge in [0.1, 0.15) is 12.6 Å². The molecule has 0 N–H and O–H groups in total. The number of anilines is 1. The Morgan fingerprint density at radius 2 is 1.83 bits per heavy atom. The second kappa shape index (κ2) is 7.26. The van der Waals surface area contributed by atoms with Crippen molar-refractivity contribution in [2.75, 3.05) is 11.9 Å². The molecule has 0 unspecified atom stereocenters. The highest BCUT2D eigenvalue weighted by Gasteiger charge is 2.21. The number of rotatable bonds is 3. The van der Waals surface area contributed by atoms with Crippen molar-refractivity contribution in [3.63, 3.8) is 0 Å². The van der Waals surface area contributed by atoms with E-state index in [2.05, 4.69) is 70.1 Å². The summed E-state index contributed by atoms with van der Waals surface area (Å²) >= 11 is 1.79. The van der Waals surface area contributed by atoms with Crippen LogP contribution in [0.15, 0.2) is 93.2 Å². The summed E-state index contributed by atoms with van der Waals surface area (Å²) in [5, 5.41) is 1.21. The summed E-state index contributed by atoms with van der Waals surface area (Å²) in [6, 6.07) is 22.4. The second-order valence-electron chi connectivity index (χ2n) is 6.87. The largest absolute Gasteiger partial charge is 0.432 e. The van der Waals surface area contributed by atoms with Crippen LogP contribution in [0, 0.1) is 0 Å². The van der Waals surface area contributed by atoms with Gasteiger partial charge in [0, 0.05) is 30.2 Å². The van der Waals surface area contributed by atoms with Crippen molar-refractivity contribution >= 4 is 34.6 Å². The van der Waals surface area contributed by atoms with Crippen molar-refractivity contribution in [3.05, 3.63) is 89.6 Å². The number of oxazole rings is 1. The second-order valence-corrected chi connectivity index (χ2v) is 7.94. The predicted molar refractivity (Wildman–Crippen MR) is 118 cm³/mol. The molecule has 29 heavy (non-hydrogen) atoms. The molecule has 0 saturated heterocycles. The van der Waals surface area contributed by atoms with Crippen LogP contribution in [-0.2, 0) is 7.05 Å². The van der Waals surface area contributed by atoms with Crippen LogP contribution in [0.3, 0.4) is 0 Å². The first-order chi connectivity index (χ1) is 14.2. The van der Waals surface area contributed by atoms with Gasteiger partial charge in [0.05, 0.1) is 10.7 Å². The number of para-hydroxylation sites is 3. The Kier molecular flexibility index (Phi) is 4.45. The molecule has 0 spiro atoms. The quantitative estimate of drug-likeness (QED) is 0.432. The fourth-order valence-electron chi connectivity index (χ4n) is 3.46. The Bertz CT molecular complexity index is 1240. The summed E-state index contributed by atoms with van der Waals surface area (Å²) in [7, 11) is 4.13. The average Bonchev–Trinajstić information content (AvgIpc) is 3.31. The van der Waals surface area contributed by atoms with Gasteiger partial charge in [-0.3, -0.25) is 0 Å². The van der Waals surface area contributed by atoms with Gasteiger partial charge in [-0.2, -0.15) is 4.57 Å². The fraction of sp³-hybridized carbons (Fsp3) is 0.0833. The van der Waals surface area contributed by atoms with Crippen LogP contribution in [0.25, 0.3) is 28.8 Å². The number of hydrogen-bond donors (Lipinski definition) is 0. The van der Waals surface area contributed by atoms with E-state index in [1.54, 1.807) is 11.8 Å². The highest BCUT2D eigenvalue weighted by Crippen LogP contribution is 2.44. The normalized spacial score (nSPS) is 15.0. The minimum Gasteiger partial charge on any atom is -0.432 e. The summed E-state index contributed by atoms with van der Waals surface area (Å²) in [6.45, 7) is 0. The fourth-order valence-corrected chi connectivity index (χ4v) is 4.52. The number of thioether (sulfide) groups is 1. The van der Waals surface area contributed by atoms with Crippen LogP contribution in [0.4, 0.5) is 5.69 Å². The van der Waals surface area contributed by atoms with Gasteiger partial charge < -0.3 is 9.32 Å². The minimum absolute atomic E-state index is 0.629. The zero-order valence-corrected chi connectivity index (χ0v) is 17.1. The van der Waals surface area contributed by atoms with E-state index in [9.17, 15) is 0 Å². The maximum atomic E-state index is 5.95. The molecule has 2 aromatic carbocycles. The molecule has 0 aliphatic carbocycles. The van der Waals surface area contributed by atoms with Gasteiger partial charge in [-0.1, -0.05) is 42.1 Å². The summed E-state index contributed by atoms with van der Waals surface area (Å²) in [4.78, 5) is 8.14. The molecule has 1 aliphatic rings. The van der Waals surface area contributed by atoms with E-state index in [1.165, 1.54) is 15.6 Å². The number of fused-ring (bicyclic) bond motifs is 2. The maximum Gasteiger partial charge on any atom is 0.294 e. The Morgan fingerprint density at radius 3 is 2.69 bits per heavy atom. The summed E-state index contributed by atoms with van der Waals surface area (Å²) in [5.74, 6) is 0.629. The molecule has 4 nitrogen and oxygen atoms in total. The lowest BCUT2D eigenvalue weighted by Crippen LogP contribution is -2.34. The third kappa shape index (κ3) is 3.23. The highest BCUT2D eigenvalue weighted by atomic mass is 32.2. The summed E-state index contributed by atoms with van der Waals surface area (Å²) < 4.78 is 8.04. The SMILES string of the molecule is CN1/C(=C/C=C\c2cccc(-c3nc4ccccc4o3)[n+]2C)Sc2ccccc21. The molecule has 142 valence electrons. The topological polar surface area (TPSA) is 33.2 Å². The first-order valence-corrected chi connectivity index (χ1v) is 10.3. The molecule has 0 radical (unpaired) electrons. The van der Waals surface area contributed by atoms with E-state index >= 15 is 0 Å². The molecule has 5 rings (SSSR count). The maximum absolute atomic E-state index is 5.95. The van der Waals surface area contributed by atoms with Crippen molar-refractivity contribution in [2.24, 2.45) is 7.05 Å². The number of pyridine rings is 1. The first-order valence-electron chi connectivity index (χ1n) is 9.45. The number of nitrogens with zero attached hydrogens (tertiary/aromatic N) is 3. The molecule has 0 saturated carbocycles. The van der Waals surface area contributed by atoms with Crippen molar-refractivity contribution in [1.29, 1.82) is 0 Å². The van der Waals surface area contributed by atoms with E-state index in [0.717, 1.165) is 22.5 Å². The molecule has 2 aromatic heterocycles. The summed E-state index contributed by atoms with van der Waals surface area (Å²) in [5.41, 5.74) is 4.93. The molecule has 1 aliphatic heterocycles. The zero-order valence-electron chi connectivity index (χ0n) is 16.2. The van der Waals surface area contributed by atoms with E-state index < -0.39 is 0 Å². The minimum atomic E-state index is 0.629. The lowest BCUT2D eigenvalue weighted by atomic mass is 10.2. The molecule has 0 amide bonds. The van der Waals surface area contributed by atoms with Gasteiger partial charge in [0.25, 0.3) is 11.6 Å². The van der Waals surface area contributed by atoms with Crippen LogP contribution in [0.2, 0.25) is 0 Å². The lowest BCUT2D eigenvalue weighted by Gasteiger charge is -2.12. The van der Waals surface area contributed by atoms with Crippen LogP contribution in [-0.4, -0.2) is 12.0 Å². The molecule has 5 heteroatoms. The van der Waals surface area contributed by atoms with Gasteiger partial charge in [-0.25, -0.2) is 4.98 Å². The van der Waals surface area contributed by atoms with Crippen molar-refractivity contribution in [2.45, 2.75) is 4.90 Å². The third-order valence-electron chi connectivity index (χ3n) is 5.06. The summed E-state index contributed by atoms with van der Waals surface area (Å²) in [6.07, 6.45) is 6.35. The zero-order chi connectivity index (χ0) is 19.8. The molecule has 0 atom stereocenters. The number of benzene rings is 2. The van der Waals surface area contributed by atoms with E-state index in [-0.39, 0.29) is 0 Å². The number of allylic oxidation sites excluding steroid dienone is 2. The Hall–Kier alpha value is -3.31. The van der Waals surface area contributed by atoms with Crippen molar-refractivity contribution < 1.29 is 8.98 Å². The highest BCUT2D eigenvalue weighted by molar-refractivity contribution is 8.03. The Balaban J connectivity index is 1.43. The van der Waals surface area contributed by atoms with E-state index in [4.69, 9.17) is 4.42 Å². The molecular formula is C24H20N3OS+. The predicted octanol–water partition coefficient (Wildman–Crippen LogP) is 5.42. The Labute approximate surface area is 173 Å². The molecule has 4 aromatic rings. The molecule has 0 bridgehead atoms. The van der Waals surface area contributed by atoms with Crippen LogP contribution in [0.1, 0.15) is 5.69 Å². The third-order valence-corrected chi connectivity index (χ3v) is 6.24. The van der Waals surface area contributed by atoms with Crippen LogP contribution < -0.4 is 9.47 Å². The van der Waals surface area contributed by atoms with E-state index in [0.29, 0.717) is 5.89 Å². The number of hydrogen-bond acceptors (Lipinski definition) is 4. The molecule has 0 fully saturated rings. The van der Waals surface area contributed by atoms with Gasteiger partial charge in [0.2, 0.25) is 5.69 Å². The van der Waals surface area contributed by atoms with Crippen molar-refractivity contribution in [1.82, 2.24) is 4.98 Å². The van der Waals surface area contributed by atoms with Gasteiger partial charge in [0.15, 0.2) is 5.58 Å². The monoisotopic (exact) mass is 398 g/mol. The number of aromatic nitrogens is 2. The molecular weight excluding hydrogens is 378 g/mol. The van der Waals surface area contributed by atoms with Crippen LogP contribution in [0.5, 0.6) is 0 Å². The van der Waals surface area contributed by atoms with Gasteiger partial charge in [-0.05, 0) is 36.4 Å². The standard InChI is InChI=1S/C24H20N3OS/c1-26-17(10-8-16-23-27(2)19-12-4-6-15-22(19)29-23)9-7-13-20(26)24-25-18-11-3-5-14-21(18)28-24/h3-16H,1-2H3/q+1. The van der Waals surface area contributed by atoms with Crippen molar-refractivity contribution in [3.8, 4) is 11.6 Å². The average molecular weight is 399 g/mol. The van der Waals surface area contributed by atoms with Crippen LogP contribution >= 0.6 is 11.8 Å². The Morgan fingerprint density at radius 1 is 1.00 bits per heavy atom. The smallest absolute Gasteiger partial charge is 0.294 e. The van der Waals surface area contributed by atoms with Gasteiger partial charge >= 0.3 is 0 Å². The lowest BCUT2D eigenvalue weighted by molar-refractivity contribution is -0.662. The van der Waals surface area contributed by atoms with E-state index in [1.807, 2.05) is 43.4 Å². The van der Waals surface area contributed by atoms with Gasteiger partial charge in [-0.15, -0.1) is 0 Å².